The molecule has 0 aliphatic rings. The number of hydrogen-bond donors (Lipinski definition) is 2. The molecule has 6 nitrogen and oxygen atoms in total. The average molecular weight is 335 g/mol. The van der Waals surface area contributed by atoms with Gasteiger partial charge in [-0.15, -0.1) is 0 Å². The van der Waals surface area contributed by atoms with Crippen LogP contribution in [-0.4, -0.2) is 51.1 Å². The first kappa shape index (κ1) is 20.0. The molecule has 0 fully saturated rings. The normalized spacial score (nSPS) is 10.8. The Kier molecular flexibility index (Phi) is 8.26. The first-order chi connectivity index (χ1) is 11.3. The SMILES string of the molecule is CNC(=O)c1cc(C(C)C)ccc1COC(=O)NCCCN(C)C. The van der Waals surface area contributed by atoms with Gasteiger partial charge in [-0.3, -0.25) is 4.79 Å². The number of amides is 2. The summed E-state index contributed by atoms with van der Waals surface area (Å²) in [6, 6.07) is 5.67. The summed E-state index contributed by atoms with van der Waals surface area (Å²) >= 11 is 0. The Bertz CT molecular complexity index is 556. The van der Waals surface area contributed by atoms with Gasteiger partial charge >= 0.3 is 6.09 Å². The molecule has 1 aromatic carbocycles. The van der Waals surface area contributed by atoms with Crippen LogP contribution in [0.4, 0.5) is 4.79 Å². The minimum absolute atomic E-state index is 0.0701. The smallest absolute Gasteiger partial charge is 0.407 e. The van der Waals surface area contributed by atoms with Gasteiger partial charge < -0.3 is 20.3 Å². The van der Waals surface area contributed by atoms with E-state index in [1.165, 1.54) is 0 Å². The van der Waals surface area contributed by atoms with Crippen molar-refractivity contribution in [1.82, 2.24) is 15.5 Å². The summed E-state index contributed by atoms with van der Waals surface area (Å²) in [7, 11) is 5.56. The molecule has 0 bridgehead atoms. The van der Waals surface area contributed by atoms with Crippen molar-refractivity contribution in [3.05, 3.63) is 34.9 Å². The molecule has 2 N–H and O–H groups in total. The van der Waals surface area contributed by atoms with Crippen LogP contribution in [0.15, 0.2) is 18.2 Å². The van der Waals surface area contributed by atoms with Gasteiger partial charge in [0.1, 0.15) is 6.61 Å². The summed E-state index contributed by atoms with van der Waals surface area (Å²) in [4.78, 5) is 25.9. The maximum absolute atomic E-state index is 12.1. The van der Waals surface area contributed by atoms with Crippen LogP contribution >= 0.6 is 0 Å². The molecule has 2 amide bonds. The molecule has 1 aromatic rings. The van der Waals surface area contributed by atoms with Crippen LogP contribution < -0.4 is 10.6 Å². The first-order valence-corrected chi connectivity index (χ1v) is 8.25. The second-order valence-electron chi connectivity index (χ2n) is 6.31. The molecule has 24 heavy (non-hydrogen) atoms. The lowest BCUT2D eigenvalue weighted by atomic mass is 9.97. The lowest BCUT2D eigenvalue weighted by Crippen LogP contribution is -2.28. The van der Waals surface area contributed by atoms with Gasteiger partial charge in [0.05, 0.1) is 0 Å². The van der Waals surface area contributed by atoms with Gasteiger partial charge in [0.2, 0.25) is 0 Å². The zero-order valence-corrected chi connectivity index (χ0v) is 15.3. The number of ether oxygens (including phenoxy) is 1. The molecule has 0 spiro atoms. The zero-order chi connectivity index (χ0) is 18.1. The second kappa shape index (κ2) is 9.93. The van der Waals surface area contributed by atoms with Crippen molar-refractivity contribution in [1.29, 1.82) is 0 Å². The summed E-state index contributed by atoms with van der Waals surface area (Å²) in [6.07, 6.45) is 0.388. The molecule has 0 aliphatic carbocycles. The maximum atomic E-state index is 12.1. The highest BCUT2D eigenvalue weighted by Gasteiger charge is 2.14. The van der Waals surface area contributed by atoms with E-state index in [-0.39, 0.29) is 12.5 Å². The molecule has 1 rings (SSSR count). The largest absolute Gasteiger partial charge is 0.445 e. The molecule has 0 aliphatic heterocycles. The lowest BCUT2D eigenvalue weighted by Gasteiger charge is -2.14. The minimum atomic E-state index is -0.468. The fourth-order valence-electron chi connectivity index (χ4n) is 2.21. The minimum Gasteiger partial charge on any atom is -0.445 e. The summed E-state index contributed by atoms with van der Waals surface area (Å²) in [6.45, 7) is 5.67. The Morgan fingerprint density at radius 3 is 2.54 bits per heavy atom. The van der Waals surface area contributed by atoms with E-state index in [1.807, 2.05) is 32.3 Å². The van der Waals surface area contributed by atoms with E-state index in [4.69, 9.17) is 4.74 Å². The number of hydrogen-bond acceptors (Lipinski definition) is 4. The zero-order valence-electron chi connectivity index (χ0n) is 15.3. The third kappa shape index (κ3) is 6.58. The topological polar surface area (TPSA) is 70.7 Å². The Labute approximate surface area is 144 Å². The fraction of sp³-hybridized carbons (Fsp3) is 0.556. The molecular formula is C18H29N3O3. The van der Waals surface area contributed by atoms with Gasteiger partial charge in [-0.05, 0) is 44.6 Å². The molecule has 134 valence electrons. The Hall–Kier alpha value is -2.08. The number of rotatable bonds is 8. The summed E-state index contributed by atoms with van der Waals surface area (Å²) in [5, 5.41) is 5.34. The standard InChI is InChI=1S/C18H29N3O3/c1-13(2)14-7-8-15(16(11-14)17(22)19-3)12-24-18(23)20-9-6-10-21(4)5/h7-8,11,13H,6,9-10,12H2,1-5H3,(H,19,22)(H,20,23). The number of nitrogens with one attached hydrogen (secondary N) is 2. The molecule has 0 atom stereocenters. The Balaban J connectivity index is 2.63. The highest BCUT2D eigenvalue weighted by molar-refractivity contribution is 5.95. The maximum Gasteiger partial charge on any atom is 0.407 e. The van der Waals surface area contributed by atoms with Crippen LogP contribution in [-0.2, 0) is 11.3 Å². The van der Waals surface area contributed by atoms with E-state index in [0.29, 0.717) is 23.6 Å². The van der Waals surface area contributed by atoms with Gasteiger partial charge in [-0.1, -0.05) is 26.0 Å². The third-order valence-corrected chi connectivity index (χ3v) is 3.68. The molecule has 0 heterocycles. The Morgan fingerprint density at radius 1 is 1.25 bits per heavy atom. The van der Waals surface area contributed by atoms with E-state index in [1.54, 1.807) is 7.05 Å². The summed E-state index contributed by atoms with van der Waals surface area (Å²) < 4.78 is 5.23. The van der Waals surface area contributed by atoms with Crippen LogP contribution in [0.2, 0.25) is 0 Å². The number of carbonyl (C=O) groups excluding carboxylic acids is 2. The lowest BCUT2D eigenvalue weighted by molar-refractivity contribution is 0.0956. The van der Waals surface area contributed by atoms with E-state index in [2.05, 4.69) is 29.4 Å². The number of benzene rings is 1. The van der Waals surface area contributed by atoms with Crippen LogP contribution in [0.25, 0.3) is 0 Å². The highest BCUT2D eigenvalue weighted by atomic mass is 16.5. The van der Waals surface area contributed by atoms with Crippen molar-refractivity contribution >= 4 is 12.0 Å². The van der Waals surface area contributed by atoms with Crippen molar-refractivity contribution in [2.45, 2.75) is 32.8 Å². The predicted molar refractivity (Wildman–Crippen MR) is 95.3 cm³/mol. The first-order valence-electron chi connectivity index (χ1n) is 8.25. The van der Waals surface area contributed by atoms with Crippen LogP contribution in [0.3, 0.4) is 0 Å². The summed E-state index contributed by atoms with van der Waals surface area (Å²) in [5.74, 6) is 0.144. The van der Waals surface area contributed by atoms with Crippen LogP contribution in [0.1, 0.15) is 47.7 Å². The third-order valence-electron chi connectivity index (χ3n) is 3.68. The molecule has 0 saturated carbocycles. The van der Waals surface area contributed by atoms with Crippen LogP contribution in [0, 0.1) is 0 Å². The average Bonchev–Trinajstić information content (AvgIpc) is 2.55. The van der Waals surface area contributed by atoms with Crippen molar-refractivity contribution in [2.75, 3.05) is 34.2 Å². The molecule has 0 aromatic heterocycles. The van der Waals surface area contributed by atoms with Gasteiger partial charge in [-0.25, -0.2) is 4.79 Å². The molecule has 0 saturated heterocycles. The van der Waals surface area contributed by atoms with Crippen molar-refractivity contribution in [2.24, 2.45) is 0 Å². The number of alkyl carbamates (subject to hydrolysis) is 1. The molecule has 0 radical (unpaired) electrons. The van der Waals surface area contributed by atoms with Crippen LogP contribution in [0.5, 0.6) is 0 Å². The van der Waals surface area contributed by atoms with Gasteiger partial charge in [0, 0.05) is 24.7 Å². The Morgan fingerprint density at radius 2 is 1.96 bits per heavy atom. The number of nitrogens with zero attached hydrogens (tertiary/aromatic N) is 1. The molecule has 0 unspecified atom stereocenters. The predicted octanol–water partition coefficient (Wildman–Crippen LogP) is 2.35. The van der Waals surface area contributed by atoms with E-state index in [0.717, 1.165) is 18.5 Å². The highest BCUT2D eigenvalue weighted by Crippen LogP contribution is 2.20. The molecular weight excluding hydrogens is 306 g/mol. The number of carbonyl (C=O) groups is 2. The van der Waals surface area contributed by atoms with Crippen molar-refractivity contribution < 1.29 is 14.3 Å². The summed E-state index contributed by atoms with van der Waals surface area (Å²) in [5.41, 5.74) is 2.32. The quantitative estimate of drug-likeness (QED) is 0.716. The van der Waals surface area contributed by atoms with E-state index >= 15 is 0 Å². The van der Waals surface area contributed by atoms with Crippen molar-refractivity contribution in [3.63, 3.8) is 0 Å². The molecule has 6 heteroatoms. The monoisotopic (exact) mass is 335 g/mol. The van der Waals surface area contributed by atoms with Gasteiger partial charge in [-0.2, -0.15) is 0 Å². The van der Waals surface area contributed by atoms with Gasteiger partial charge in [0.25, 0.3) is 5.91 Å². The second-order valence-corrected chi connectivity index (χ2v) is 6.31. The van der Waals surface area contributed by atoms with E-state index < -0.39 is 6.09 Å². The van der Waals surface area contributed by atoms with E-state index in [9.17, 15) is 9.59 Å². The van der Waals surface area contributed by atoms with Crippen molar-refractivity contribution in [3.8, 4) is 0 Å². The van der Waals surface area contributed by atoms with Gasteiger partial charge in [0.15, 0.2) is 0 Å². The fourth-order valence-corrected chi connectivity index (χ4v) is 2.21.